The van der Waals surface area contributed by atoms with Crippen LogP contribution in [0, 0.1) is 0 Å². The summed E-state index contributed by atoms with van der Waals surface area (Å²) in [6.45, 7) is 3.98. The lowest BCUT2D eigenvalue weighted by atomic mass is 10.2. The molecule has 9 heteroatoms. The van der Waals surface area contributed by atoms with Crippen molar-refractivity contribution in [1.82, 2.24) is 30.1 Å². The molecule has 0 N–H and O–H groups in total. The first-order chi connectivity index (χ1) is 13.3. The van der Waals surface area contributed by atoms with Crippen molar-refractivity contribution in [1.29, 1.82) is 0 Å². The van der Waals surface area contributed by atoms with E-state index in [2.05, 4.69) is 25.4 Å². The zero-order valence-electron chi connectivity index (χ0n) is 15.2. The van der Waals surface area contributed by atoms with Gasteiger partial charge in [0.05, 0.1) is 25.5 Å². The summed E-state index contributed by atoms with van der Waals surface area (Å²) < 4.78 is 18.4. The summed E-state index contributed by atoms with van der Waals surface area (Å²) in [6, 6.07) is 9.89. The van der Waals surface area contributed by atoms with Crippen LogP contribution in [0.4, 0.5) is 0 Å². The molecule has 4 rings (SSSR count). The number of hydrogen-bond acceptors (Lipinski definition) is 8. The van der Waals surface area contributed by atoms with E-state index in [0.29, 0.717) is 38.7 Å². The van der Waals surface area contributed by atoms with Crippen molar-refractivity contribution in [2.45, 2.75) is 19.2 Å². The van der Waals surface area contributed by atoms with E-state index in [4.69, 9.17) is 13.9 Å². The first-order valence-electron chi connectivity index (χ1n) is 8.92. The number of rotatable bonds is 7. The predicted octanol–water partition coefficient (Wildman–Crippen LogP) is 1.55. The molecule has 9 nitrogen and oxygen atoms in total. The Labute approximate surface area is 156 Å². The molecule has 0 radical (unpaired) electrons. The van der Waals surface area contributed by atoms with E-state index in [0.717, 1.165) is 23.6 Å². The lowest BCUT2D eigenvalue weighted by Crippen LogP contribution is -2.39. The Morgan fingerprint density at radius 1 is 1.26 bits per heavy atom. The average Bonchev–Trinajstić information content (AvgIpc) is 3.37. The smallest absolute Gasteiger partial charge is 0.226 e. The fraction of sp³-hybridized carbons (Fsp3) is 0.444. The van der Waals surface area contributed by atoms with Crippen LogP contribution in [0.1, 0.15) is 17.6 Å². The number of morpholine rings is 1. The van der Waals surface area contributed by atoms with E-state index >= 15 is 0 Å². The first-order valence-corrected chi connectivity index (χ1v) is 8.92. The van der Waals surface area contributed by atoms with E-state index in [9.17, 15) is 0 Å². The van der Waals surface area contributed by atoms with Crippen LogP contribution in [0.2, 0.25) is 0 Å². The van der Waals surface area contributed by atoms with Crippen LogP contribution in [0.5, 0.6) is 0 Å². The third kappa shape index (κ3) is 4.21. The third-order valence-corrected chi connectivity index (χ3v) is 4.46. The van der Waals surface area contributed by atoms with Gasteiger partial charge in [-0.15, -0.1) is 5.10 Å². The maximum Gasteiger partial charge on any atom is 0.226 e. The van der Waals surface area contributed by atoms with Gasteiger partial charge in [0.25, 0.3) is 0 Å². The lowest BCUT2D eigenvalue weighted by Gasteiger charge is -2.31. The Hall–Kier alpha value is -2.62. The lowest BCUT2D eigenvalue weighted by molar-refractivity contribution is -0.0400. The number of benzene rings is 1. The molecule has 2 aromatic heterocycles. The van der Waals surface area contributed by atoms with Crippen LogP contribution in [-0.2, 0) is 22.6 Å². The number of methoxy groups -OCH3 is 1. The van der Waals surface area contributed by atoms with Crippen molar-refractivity contribution in [3.05, 3.63) is 48.1 Å². The molecule has 1 fully saturated rings. The van der Waals surface area contributed by atoms with Gasteiger partial charge in [-0.05, 0) is 22.6 Å². The van der Waals surface area contributed by atoms with Crippen molar-refractivity contribution in [2.75, 3.05) is 33.4 Å². The van der Waals surface area contributed by atoms with Crippen molar-refractivity contribution >= 4 is 0 Å². The highest BCUT2D eigenvalue weighted by molar-refractivity contribution is 5.52. The molecule has 1 aromatic carbocycles. The Kier molecular flexibility index (Phi) is 5.52. The van der Waals surface area contributed by atoms with Crippen LogP contribution in [0.15, 0.2) is 41.0 Å². The molecule has 0 amide bonds. The number of ether oxygens (including phenoxy) is 2. The van der Waals surface area contributed by atoms with E-state index in [1.807, 2.05) is 30.3 Å². The Morgan fingerprint density at radius 3 is 3.00 bits per heavy atom. The van der Waals surface area contributed by atoms with E-state index < -0.39 is 0 Å². The molecule has 1 atom stereocenters. The number of aromatic nitrogens is 5. The highest BCUT2D eigenvalue weighted by Crippen LogP contribution is 2.23. The molecule has 1 saturated heterocycles. The van der Waals surface area contributed by atoms with Crippen molar-refractivity contribution in [3.63, 3.8) is 0 Å². The van der Waals surface area contributed by atoms with Gasteiger partial charge in [0.15, 0.2) is 5.82 Å². The topological polar surface area (TPSA) is 91.3 Å². The van der Waals surface area contributed by atoms with Crippen LogP contribution in [0.25, 0.3) is 11.5 Å². The summed E-state index contributed by atoms with van der Waals surface area (Å²) in [5, 5.41) is 11.9. The van der Waals surface area contributed by atoms with Crippen molar-refractivity contribution in [2.24, 2.45) is 0 Å². The Balaban J connectivity index is 1.41. The predicted molar refractivity (Wildman–Crippen MR) is 95.6 cm³/mol. The normalized spacial score (nSPS) is 18.0. The molecule has 27 heavy (non-hydrogen) atoms. The molecule has 3 heterocycles. The number of hydrogen-bond donors (Lipinski definition) is 0. The molecule has 142 valence electrons. The number of nitrogens with zero attached hydrogens (tertiary/aromatic N) is 6. The van der Waals surface area contributed by atoms with Gasteiger partial charge < -0.3 is 13.9 Å². The highest BCUT2D eigenvalue weighted by Gasteiger charge is 2.27. The number of oxazole rings is 1. The maximum atomic E-state index is 5.90. The monoisotopic (exact) mass is 370 g/mol. The zero-order valence-corrected chi connectivity index (χ0v) is 15.2. The van der Waals surface area contributed by atoms with Gasteiger partial charge >= 0.3 is 0 Å². The Bertz CT molecular complexity index is 850. The standard InChI is InChI=1S/C18H22N6O3/c1-25-9-8-24-17(20-21-22-24)16-12-23(7-10-26-16)11-15-13-27-18(19-15)14-5-3-2-4-6-14/h2-6,13,16H,7-12H2,1H3/t16-/m1/s1. The minimum absolute atomic E-state index is 0.175. The van der Waals surface area contributed by atoms with Crippen LogP contribution >= 0.6 is 0 Å². The van der Waals surface area contributed by atoms with Crippen LogP contribution in [0.3, 0.4) is 0 Å². The second kappa shape index (κ2) is 8.38. The van der Waals surface area contributed by atoms with Gasteiger partial charge in [0.2, 0.25) is 5.89 Å². The molecule has 0 unspecified atom stereocenters. The summed E-state index contributed by atoms with van der Waals surface area (Å²) in [6.07, 6.45) is 1.54. The van der Waals surface area contributed by atoms with Gasteiger partial charge in [0.1, 0.15) is 12.4 Å². The molecule has 1 aliphatic rings. The largest absolute Gasteiger partial charge is 0.444 e. The van der Waals surface area contributed by atoms with Crippen molar-refractivity contribution in [3.8, 4) is 11.5 Å². The summed E-state index contributed by atoms with van der Waals surface area (Å²) in [4.78, 5) is 6.88. The molecule has 0 bridgehead atoms. The minimum Gasteiger partial charge on any atom is -0.444 e. The zero-order chi connectivity index (χ0) is 18.5. The average molecular weight is 370 g/mol. The Morgan fingerprint density at radius 2 is 2.15 bits per heavy atom. The second-order valence-electron chi connectivity index (χ2n) is 6.36. The SMILES string of the molecule is COCCn1nnnc1[C@H]1CN(Cc2coc(-c3ccccc3)n2)CCO1. The van der Waals surface area contributed by atoms with Gasteiger partial charge in [-0.2, -0.15) is 0 Å². The van der Waals surface area contributed by atoms with E-state index in [-0.39, 0.29) is 6.10 Å². The molecule has 0 aliphatic carbocycles. The van der Waals surface area contributed by atoms with Gasteiger partial charge in [-0.3, -0.25) is 4.90 Å². The summed E-state index contributed by atoms with van der Waals surface area (Å²) >= 11 is 0. The van der Waals surface area contributed by atoms with Crippen molar-refractivity contribution < 1.29 is 13.9 Å². The van der Waals surface area contributed by atoms with E-state index in [1.54, 1.807) is 18.1 Å². The fourth-order valence-corrected chi connectivity index (χ4v) is 3.10. The molecule has 3 aromatic rings. The number of tetrazole rings is 1. The molecular formula is C18H22N6O3. The second-order valence-corrected chi connectivity index (χ2v) is 6.36. The minimum atomic E-state index is -0.175. The molecular weight excluding hydrogens is 348 g/mol. The van der Waals surface area contributed by atoms with Gasteiger partial charge in [-0.1, -0.05) is 18.2 Å². The third-order valence-electron chi connectivity index (χ3n) is 4.46. The summed E-state index contributed by atoms with van der Waals surface area (Å²) in [5.74, 6) is 1.36. The molecule has 1 aliphatic heterocycles. The van der Waals surface area contributed by atoms with Gasteiger partial charge in [0, 0.05) is 32.3 Å². The quantitative estimate of drug-likeness (QED) is 0.619. The summed E-state index contributed by atoms with van der Waals surface area (Å²) in [7, 11) is 1.66. The first kappa shape index (κ1) is 17.8. The maximum absolute atomic E-state index is 5.90. The summed E-state index contributed by atoms with van der Waals surface area (Å²) in [5.41, 5.74) is 1.87. The van der Waals surface area contributed by atoms with Crippen LogP contribution < -0.4 is 0 Å². The molecule has 0 spiro atoms. The fourth-order valence-electron chi connectivity index (χ4n) is 3.10. The highest BCUT2D eigenvalue weighted by atomic mass is 16.5. The van der Waals surface area contributed by atoms with E-state index in [1.165, 1.54) is 0 Å². The van der Waals surface area contributed by atoms with Crippen LogP contribution in [-0.4, -0.2) is 63.5 Å². The van der Waals surface area contributed by atoms with Gasteiger partial charge in [-0.25, -0.2) is 9.67 Å². The molecule has 0 saturated carbocycles.